The van der Waals surface area contributed by atoms with Crippen molar-refractivity contribution in [3.63, 3.8) is 0 Å². The number of rotatable bonds is 9. The Morgan fingerprint density at radius 1 is 1.20 bits per heavy atom. The molecule has 6 heteroatoms. The lowest BCUT2D eigenvalue weighted by Gasteiger charge is -2.21. The molecule has 20 heavy (non-hydrogen) atoms. The van der Waals surface area contributed by atoms with Gasteiger partial charge in [-0.05, 0) is 25.8 Å². The lowest BCUT2D eigenvalue weighted by molar-refractivity contribution is 0.285. The summed E-state index contributed by atoms with van der Waals surface area (Å²) < 4.78 is 27.1. The maximum absolute atomic E-state index is 12.7. The van der Waals surface area contributed by atoms with E-state index in [1.54, 1.807) is 17.3 Å². The minimum atomic E-state index is -3.43. The molecule has 0 fully saturated rings. The lowest BCUT2D eigenvalue weighted by atomic mass is 10.3. The molecule has 0 atom stereocenters. The van der Waals surface area contributed by atoms with Gasteiger partial charge in [0.2, 0.25) is 10.0 Å². The van der Waals surface area contributed by atoms with Gasteiger partial charge in [0.05, 0.1) is 11.5 Å². The van der Waals surface area contributed by atoms with Crippen LogP contribution in [-0.4, -0.2) is 30.9 Å². The van der Waals surface area contributed by atoms with Crippen molar-refractivity contribution in [2.45, 2.75) is 58.0 Å². The van der Waals surface area contributed by atoms with Gasteiger partial charge in [0.15, 0.2) is 0 Å². The molecule has 0 saturated heterocycles. The zero-order chi connectivity index (χ0) is 15.2. The number of aliphatic hydroxyl groups is 1. The predicted molar refractivity (Wildman–Crippen MR) is 83.6 cm³/mol. The van der Waals surface area contributed by atoms with Gasteiger partial charge in [-0.25, -0.2) is 8.42 Å². The lowest BCUT2D eigenvalue weighted by Crippen LogP contribution is -2.33. The average molecular weight is 319 g/mol. The van der Waals surface area contributed by atoms with Crippen molar-refractivity contribution in [1.82, 2.24) is 4.31 Å². The van der Waals surface area contributed by atoms with E-state index in [2.05, 4.69) is 13.8 Å². The molecular formula is C14H25NO3S2. The quantitative estimate of drug-likeness (QED) is 0.761. The molecule has 116 valence electrons. The van der Waals surface area contributed by atoms with E-state index in [0.29, 0.717) is 22.9 Å². The van der Waals surface area contributed by atoms with E-state index in [1.165, 1.54) is 11.3 Å². The van der Waals surface area contributed by atoms with Gasteiger partial charge in [-0.2, -0.15) is 4.31 Å². The standard InChI is InChI=1S/C14H25NO3S2/c1-4-6-8-15(9-7-5-2)20(17,18)14-10-13(11-16)19-12(14)3/h10,16H,4-9,11H2,1-3H3. The van der Waals surface area contributed by atoms with Crippen molar-refractivity contribution in [3.05, 3.63) is 15.8 Å². The first-order valence-electron chi connectivity index (χ1n) is 7.17. The van der Waals surface area contributed by atoms with E-state index in [-0.39, 0.29) is 6.61 Å². The molecule has 1 aromatic heterocycles. The molecule has 0 aliphatic rings. The summed E-state index contributed by atoms with van der Waals surface area (Å²) in [5.74, 6) is 0. The van der Waals surface area contributed by atoms with Crippen LogP contribution in [0.3, 0.4) is 0 Å². The van der Waals surface area contributed by atoms with Gasteiger partial charge in [0, 0.05) is 22.8 Å². The van der Waals surface area contributed by atoms with Crippen LogP contribution < -0.4 is 0 Å². The van der Waals surface area contributed by atoms with Crippen LogP contribution in [0.4, 0.5) is 0 Å². The Morgan fingerprint density at radius 2 is 1.75 bits per heavy atom. The van der Waals surface area contributed by atoms with Crippen molar-refractivity contribution >= 4 is 21.4 Å². The minimum absolute atomic E-state index is 0.106. The van der Waals surface area contributed by atoms with Crippen LogP contribution in [0.25, 0.3) is 0 Å². The van der Waals surface area contributed by atoms with Crippen LogP contribution in [0.1, 0.15) is 49.3 Å². The van der Waals surface area contributed by atoms with Gasteiger partial charge in [0.1, 0.15) is 0 Å². The van der Waals surface area contributed by atoms with Crippen molar-refractivity contribution in [1.29, 1.82) is 0 Å². The molecule has 4 nitrogen and oxygen atoms in total. The summed E-state index contributed by atoms with van der Waals surface area (Å²) in [6.45, 7) is 6.96. The van der Waals surface area contributed by atoms with Crippen LogP contribution in [0.2, 0.25) is 0 Å². The summed E-state index contributed by atoms with van der Waals surface area (Å²) in [6, 6.07) is 1.61. The van der Waals surface area contributed by atoms with Crippen LogP contribution in [-0.2, 0) is 16.6 Å². The van der Waals surface area contributed by atoms with Gasteiger partial charge in [-0.3, -0.25) is 0 Å². The van der Waals surface area contributed by atoms with E-state index in [0.717, 1.165) is 30.6 Å². The zero-order valence-electron chi connectivity index (χ0n) is 12.6. The maximum Gasteiger partial charge on any atom is 0.244 e. The number of unbranched alkanes of at least 4 members (excludes halogenated alkanes) is 2. The van der Waals surface area contributed by atoms with Crippen LogP contribution in [0, 0.1) is 6.92 Å². The maximum atomic E-state index is 12.7. The number of sulfonamides is 1. The molecule has 1 aromatic rings. The van der Waals surface area contributed by atoms with Gasteiger partial charge in [0.25, 0.3) is 0 Å². The fourth-order valence-corrected chi connectivity index (χ4v) is 5.00. The highest BCUT2D eigenvalue weighted by atomic mass is 32.2. The normalized spacial score (nSPS) is 12.2. The van der Waals surface area contributed by atoms with Gasteiger partial charge in [-0.15, -0.1) is 11.3 Å². The second-order valence-corrected chi connectivity index (χ2v) is 8.15. The largest absolute Gasteiger partial charge is 0.391 e. The number of hydrogen-bond acceptors (Lipinski definition) is 4. The molecule has 0 amide bonds. The smallest absolute Gasteiger partial charge is 0.244 e. The third-order valence-electron chi connectivity index (χ3n) is 3.22. The number of thiophene rings is 1. The third-order valence-corrected chi connectivity index (χ3v) is 6.41. The SMILES string of the molecule is CCCCN(CCCC)S(=O)(=O)c1cc(CO)sc1C. The van der Waals surface area contributed by atoms with Crippen molar-refractivity contribution in [2.24, 2.45) is 0 Å². The molecule has 1 heterocycles. The molecule has 0 saturated carbocycles. The van der Waals surface area contributed by atoms with Crippen LogP contribution in [0.15, 0.2) is 11.0 Å². The molecule has 0 aliphatic heterocycles. The van der Waals surface area contributed by atoms with Crippen molar-refractivity contribution < 1.29 is 13.5 Å². The van der Waals surface area contributed by atoms with Crippen LogP contribution >= 0.6 is 11.3 Å². The van der Waals surface area contributed by atoms with Gasteiger partial charge >= 0.3 is 0 Å². The summed E-state index contributed by atoms with van der Waals surface area (Å²) in [7, 11) is -3.43. The Bertz CT molecular complexity index is 500. The summed E-state index contributed by atoms with van der Waals surface area (Å²) in [5.41, 5.74) is 0. The van der Waals surface area contributed by atoms with Gasteiger partial charge in [-0.1, -0.05) is 26.7 Å². The topological polar surface area (TPSA) is 57.6 Å². The molecular weight excluding hydrogens is 294 g/mol. The number of nitrogens with zero attached hydrogens (tertiary/aromatic N) is 1. The molecule has 0 bridgehead atoms. The predicted octanol–water partition coefficient (Wildman–Crippen LogP) is 3.14. The first-order chi connectivity index (χ1) is 9.47. The zero-order valence-corrected chi connectivity index (χ0v) is 14.2. The first kappa shape index (κ1) is 17.6. The second-order valence-electron chi connectivity index (χ2n) is 4.90. The Hall–Kier alpha value is -0.430. The van der Waals surface area contributed by atoms with Crippen molar-refractivity contribution in [3.8, 4) is 0 Å². The third kappa shape index (κ3) is 4.28. The summed E-state index contributed by atoms with van der Waals surface area (Å²) in [6.07, 6.45) is 3.70. The van der Waals surface area contributed by atoms with E-state index in [4.69, 9.17) is 5.11 Å². The summed E-state index contributed by atoms with van der Waals surface area (Å²) in [4.78, 5) is 1.82. The second kappa shape index (κ2) is 8.12. The monoisotopic (exact) mass is 319 g/mol. The summed E-state index contributed by atoms with van der Waals surface area (Å²) in [5, 5.41) is 9.16. The molecule has 0 unspecified atom stereocenters. The molecule has 0 aliphatic carbocycles. The molecule has 0 aromatic carbocycles. The van der Waals surface area contributed by atoms with E-state index < -0.39 is 10.0 Å². The molecule has 0 radical (unpaired) electrons. The number of aliphatic hydroxyl groups excluding tert-OH is 1. The van der Waals surface area contributed by atoms with Crippen LogP contribution in [0.5, 0.6) is 0 Å². The average Bonchev–Trinajstić information content (AvgIpc) is 2.80. The Morgan fingerprint density at radius 3 is 2.15 bits per heavy atom. The fraction of sp³-hybridized carbons (Fsp3) is 0.714. The Balaban J connectivity index is 3.03. The van der Waals surface area contributed by atoms with Crippen molar-refractivity contribution in [2.75, 3.05) is 13.1 Å². The van der Waals surface area contributed by atoms with Gasteiger partial charge < -0.3 is 5.11 Å². The highest BCUT2D eigenvalue weighted by Crippen LogP contribution is 2.28. The number of aryl methyl sites for hydroxylation is 1. The highest BCUT2D eigenvalue weighted by Gasteiger charge is 2.26. The Kier molecular flexibility index (Phi) is 7.15. The minimum Gasteiger partial charge on any atom is -0.391 e. The Labute approximate surface area is 126 Å². The molecule has 1 N–H and O–H groups in total. The number of hydrogen-bond donors (Lipinski definition) is 1. The van der Waals surface area contributed by atoms with E-state index in [9.17, 15) is 8.42 Å². The highest BCUT2D eigenvalue weighted by molar-refractivity contribution is 7.89. The van der Waals surface area contributed by atoms with E-state index in [1.807, 2.05) is 0 Å². The van der Waals surface area contributed by atoms with E-state index >= 15 is 0 Å². The summed E-state index contributed by atoms with van der Waals surface area (Å²) >= 11 is 1.35. The molecule has 1 rings (SSSR count). The first-order valence-corrected chi connectivity index (χ1v) is 9.43. The fourth-order valence-electron chi connectivity index (χ4n) is 2.02. The molecule has 0 spiro atoms.